The number of ether oxygens (including phenoxy) is 1. The van der Waals surface area contributed by atoms with Gasteiger partial charge in [-0.2, -0.15) is 4.31 Å². The second kappa shape index (κ2) is 7.73. The maximum Gasteiger partial charge on any atom is 0.252 e. The van der Waals surface area contributed by atoms with Crippen LogP contribution >= 0.6 is 11.3 Å². The number of sulfonamides is 1. The van der Waals surface area contributed by atoms with Crippen molar-refractivity contribution in [3.05, 3.63) is 17.5 Å². The van der Waals surface area contributed by atoms with Crippen molar-refractivity contribution in [2.75, 3.05) is 39.9 Å². The summed E-state index contributed by atoms with van der Waals surface area (Å²) in [5.41, 5.74) is 0.0962. The quantitative estimate of drug-likeness (QED) is 0.778. The predicted octanol–water partition coefficient (Wildman–Crippen LogP) is 2.18. The van der Waals surface area contributed by atoms with E-state index in [1.54, 1.807) is 28.9 Å². The third kappa shape index (κ3) is 4.07. The summed E-state index contributed by atoms with van der Waals surface area (Å²) in [6.45, 7) is 3.05. The SMILES string of the molecule is COCCN1CCC2(CCC1=O)CCN(S(=O)(=O)c1cccs1)CC2. The fraction of sp³-hybridized carbons (Fsp3) is 0.706. The van der Waals surface area contributed by atoms with Crippen molar-refractivity contribution in [3.63, 3.8) is 0 Å². The number of carbonyl (C=O) groups excluding carboxylic acids is 1. The zero-order chi connectivity index (χ0) is 17.9. The Kier molecular flexibility index (Phi) is 5.82. The van der Waals surface area contributed by atoms with Gasteiger partial charge in [0.1, 0.15) is 4.21 Å². The molecule has 1 spiro atoms. The average molecular weight is 387 g/mol. The highest BCUT2D eigenvalue weighted by molar-refractivity contribution is 7.91. The van der Waals surface area contributed by atoms with Crippen LogP contribution in [-0.2, 0) is 19.6 Å². The van der Waals surface area contributed by atoms with Gasteiger partial charge in [0.25, 0.3) is 10.0 Å². The number of carbonyl (C=O) groups is 1. The van der Waals surface area contributed by atoms with E-state index < -0.39 is 10.0 Å². The fourth-order valence-electron chi connectivity index (χ4n) is 3.83. The zero-order valence-electron chi connectivity index (χ0n) is 14.6. The third-order valence-electron chi connectivity index (χ3n) is 5.57. The molecule has 3 rings (SSSR count). The van der Waals surface area contributed by atoms with Crippen LogP contribution in [0.2, 0.25) is 0 Å². The number of nitrogens with zero attached hydrogens (tertiary/aromatic N) is 2. The Morgan fingerprint density at radius 1 is 1.20 bits per heavy atom. The van der Waals surface area contributed by atoms with E-state index >= 15 is 0 Å². The molecule has 2 fully saturated rings. The minimum Gasteiger partial charge on any atom is -0.383 e. The predicted molar refractivity (Wildman–Crippen MR) is 97.1 cm³/mol. The maximum absolute atomic E-state index is 12.7. The van der Waals surface area contributed by atoms with E-state index in [0.717, 1.165) is 32.2 Å². The number of piperidine rings is 1. The molecule has 1 aromatic rings. The first-order valence-corrected chi connectivity index (χ1v) is 11.1. The zero-order valence-corrected chi connectivity index (χ0v) is 16.3. The Balaban J connectivity index is 1.62. The van der Waals surface area contributed by atoms with Gasteiger partial charge in [-0.25, -0.2) is 8.42 Å². The molecule has 0 saturated carbocycles. The molecular formula is C17H26N2O4S2. The van der Waals surface area contributed by atoms with E-state index in [1.807, 2.05) is 4.90 Å². The third-order valence-corrected chi connectivity index (χ3v) is 8.84. The molecule has 0 atom stereocenters. The molecule has 2 aliphatic heterocycles. The first-order chi connectivity index (χ1) is 12.0. The van der Waals surface area contributed by atoms with E-state index in [4.69, 9.17) is 4.74 Å². The minimum absolute atomic E-state index is 0.0962. The van der Waals surface area contributed by atoms with Crippen molar-refractivity contribution in [2.45, 2.75) is 36.3 Å². The molecule has 6 nitrogen and oxygen atoms in total. The van der Waals surface area contributed by atoms with Crippen molar-refractivity contribution in [3.8, 4) is 0 Å². The second-order valence-corrected chi connectivity index (χ2v) is 10.1. The normalized spacial score (nSPS) is 22.3. The number of hydrogen-bond acceptors (Lipinski definition) is 5. The molecule has 8 heteroatoms. The lowest BCUT2D eigenvalue weighted by Crippen LogP contribution is -2.43. The molecule has 0 aliphatic carbocycles. The topological polar surface area (TPSA) is 66.9 Å². The number of hydrogen-bond donors (Lipinski definition) is 0. The first-order valence-electron chi connectivity index (χ1n) is 8.77. The van der Waals surface area contributed by atoms with Crippen LogP contribution in [-0.4, -0.2) is 63.4 Å². The summed E-state index contributed by atoms with van der Waals surface area (Å²) in [4.78, 5) is 14.2. The largest absolute Gasteiger partial charge is 0.383 e. The molecule has 2 aliphatic rings. The van der Waals surface area contributed by atoms with E-state index in [1.165, 1.54) is 11.3 Å². The minimum atomic E-state index is -3.36. The summed E-state index contributed by atoms with van der Waals surface area (Å²) in [5, 5.41) is 1.80. The van der Waals surface area contributed by atoms with Gasteiger partial charge in [-0.15, -0.1) is 11.3 Å². The monoisotopic (exact) mass is 386 g/mol. The molecule has 25 heavy (non-hydrogen) atoms. The Morgan fingerprint density at radius 2 is 1.92 bits per heavy atom. The van der Waals surface area contributed by atoms with Crippen LogP contribution in [0.25, 0.3) is 0 Å². The molecule has 0 bridgehead atoms. The van der Waals surface area contributed by atoms with Crippen molar-refractivity contribution in [2.24, 2.45) is 5.41 Å². The highest BCUT2D eigenvalue weighted by Crippen LogP contribution is 2.42. The molecule has 3 heterocycles. The average Bonchev–Trinajstić information content (AvgIpc) is 3.11. The van der Waals surface area contributed by atoms with Gasteiger partial charge in [-0.3, -0.25) is 4.79 Å². The summed E-state index contributed by atoms with van der Waals surface area (Å²) < 4.78 is 32.5. The molecule has 1 aromatic heterocycles. The molecule has 140 valence electrons. The number of rotatable bonds is 5. The van der Waals surface area contributed by atoms with Crippen molar-refractivity contribution in [1.82, 2.24) is 9.21 Å². The summed E-state index contributed by atoms with van der Waals surface area (Å²) in [7, 11) is -1.71. The molecular weight excluding hydrogens is 360 g/mol. The van der Waals surface area contributed by atoms with Crippen LogP contribution in [0.1, 0.15) is 32.1 Å². The first kappa shape index (κ1) is 18.8. The van der Waals surface area contributed by atoms with Gasteiger partial charge < -0.3 is 9.64 Å². The fourth-order valence-corrected chi connectivity index (χ4v) is 6.41. The van der Waals surface area contributed by atoms with E-state index in [-0.39, 0.29) is 11.3 Å². The Hall–Kier alpha value is -0.960. The standard InChI is InChI=1S/C17H26N2O4S2/c1-23-13-12-18-9-6-17(5-4-15(18)20)7-10-19(11-8-17)25(21,22)16-3-2-14-24-16/h2-3,14H,4-13H2,1H3. The lowest BCUT2D eigenvalue weighted by Gasteiger charge is -2.40. The van der Waals surface area contributed by atoms with Crippen LogP contribution in [0.5, 0.6) is 0 Å². The summed E-state index contributed by atoms with van der Waals surface area (Å²) in [6, 6.07) is 3.44. The summed E-state index contributed by atoms with van der Waals surface area (Å²) in [6.07, 6.45) is 4.05. The van der Waals surface area contributed by atoms with Gasteiger partial charge in [0.15, 0.2) is 0 Å². The van der Waals surface area contributed by atoms with E-state index in [0.29, 0.717) is 36.9 Å². The van der Waals surface area contributed by atoms with Crippen molar-refractivity contribution >= 4 is 27.3 Å². The number of methoxy groups -OCH3 is 1. The van der Waals surface area contributed by atoms with Gasteiger partial charge in [0.2, 0.25) is 5.91 Å². The van der Waals surface area contributed by atoms with Crippen LogP contribution in [0, 0.1) is 5.41 Å². The van der Waals surface area contributed by atoms with Crippen molar-refractivity contribution < 1.29 is 17.9 Å². The molecule has 2 saturated heterocycles. The molecule has 0 unspecified atom stereocenters. The molecule has 0 N–H and O–H groups in total. The van der Waals surface area contributed by atoms with Crippen molar-refractivity contribution in [1.29, 1.82) is 0 Å². The number of thiophene rings is 1. The highest BCUT2D eigenvalue weighted by Gasteiger charge is 2.40. The van der Waals surface area contributed by atoms with Crippen LogP contribution in [0.3, 0.4) is 0 Å². The number of amides is 1. The van der Waals surface area contributed by atoms with E-state index in [9.17, 15) is 13.2 Å². The van der Waals surface area contributed by atoms with Crippen LogP contribution in [0.15, 0.2) is 21.7 Å². The highest BCUT2D eigenvalue weighted by atomic mass is 32.2. The lowest BCUT2D eigenvalue weighted by atomic mass is 9.73. The van der Waals surface area contributed by atoms with Crippen LogP contribution in [0.4, 0.5) is 0 Å². The van der Waals surface area contributed by atoms with Gasteiger partial charge in [0.05, 0.1) is 6.61 Å². The van der Waals surface area contributed by atoms with Gasteiger partial charge >= 0.3 is 0 Å². The van der Waals surface area contributed by atoms with E-state index in [2.05, 4.69) is 0 Å². The number of likely N-dealkylation sites (tertiary alicyclic amines) is 1. The summed E-state index contributed by atoms with van der Waals surface area (Å²) >= 11 is 1.27. The summed E-state index contributed by atoms with van der Waals surface area (Å²) in [5.74, 6) is 0.197. The Bertz CT molecular complexity index is 680. The Labute approximate surface area is 153 Å². The lowest BCUT2D eigenvalue weighted by molar-refractivity contribution is -0.131. The smallest absolute Gasteiger partial charge is 0.252 e. The van der Waals surface area contributed by atoms with Gasteiger partial charge in [-0.1, -0.05) is 6.07 Å². The maximum atomic E-state index is 12.7. The second-order valence-electron chi connectivity index (χ2n) is 6.96. The van der Waals surface area contributed by atoms with Gasteiger partial charge in [-0.05, 0) is 42.5 Å². The molecule has 0 aromatic carbocycles. The molecule has 1 amide bonds. The Morgan fingerprint density at radius 3 is 2.56 bits per heavy atom. The van der Waals surface area contributed by atoms with Crippen LogP contribution < -0.4 is 0 Å². The molecule has 0 radical (unpaired) electrons. The van der Waals surface area contributed by atoms with Gasteiger partial charge in [0, 0.05) is 39.7 Å².